The highest BCUT2D eigenvalue weighted by molar-refractivity contribution is 6.00. The Labute approximate surface area is 124 Å². The minimum Gasteiger partial charge on any atom is -0.391 e. The molecule has 1 saturated carbocycles. The summed E-state index contributed by atoms with van der Waals surface area (Å²) in [5.74, 6) is 0.476. The molecule has 1 aliphatic rings. The molecule has 0 radical (unpaired) electrons. The molecule has 0 spiro atoms. The first kappa shape index (κ1) is 13.8. The average Bonchev–Trinajstić information content (AvgIpc) is 3.32. The van der Waals surface area contributed by atoms with Crippen LogP contribution >= 0.6 is 0 Å². The summed E-state index contributed by atoms with van der Waals surface area (Å²) in [7, 11) is 0. The fourth-order valence-corrected chi connectivity index (χ4v) is 2.20. The van der Waals surface area contributed by atoms with Crippen molar-refractivity contribution in [2.24, 2.45) is 11.1 Å². The third kappa shape index (κ3) is 4.15. The summed E-state index contributed by atoms with van der Waals surface area (Å²) >= 11 is 0. The minimum absolute atomic E-state index is 0.227. The topological polar surface area (TPSA) is 21.6 Å². The molecule has 1 fully saturated rings. The predicted octanol–water partition coefficient (Wildman–Crippen LogP) is 4.55. The second-order valence-electron chi connectivity index (χ2n) is 5.45. The van der Waals surface area contributed by atoms with Gasteiger partial charge in [0.15, 0.2) is 0 Å². The van der Waals surface area contributed by atoms with Crippen LogP contribution in [-0.4, -0.2) is 5.71 Å². The van der Waals surface area contributed by atoms with E-state index >= 15 is 0 Å². The van der Waals surface area contributed by atoms with Gasteiger partial charge in [-0.05, 0) is 48.4 Å². The molecule has 0 N–H and O–H groups in total. The minimum atomic E-state index is -0.227. The van der Waals surface area contributed by atoms with Crippen molar-refractivity contribution in [2.45, 2.75) is 25.9 Å². The summed E-state index contributed by atoms with van der Waals surface area (Å²) in [6.07, 6.45) is 3.40. The number of hydrogen-bond donors (Lipinski definition) is 0. The van der Waals surface area contributed by atoms with Gasteiger partial charge >= 0.3 is 0 Å². The number of nitrogens with zero attached hydrogens (tertiary/aromatic N) is 1. The number of oxime groups is 1. The van der Waals surface area contributed by atoms with Crippen molar-refractivity contribution in [3.63, 3.8) is 0 Å². The molecule has 3 heteroatoms. The maximum atomic E-state index is 13.0. The van der Waals surface area contributed by atoms with Gasteiger partial charge in [0.25, 0.3) is 0 Å². The van der Waals surface area contributed by atoms with E-state index in [9.17, 15) is 4.39 Å². The van der Waals surface area contributed by atoms with Gasteiger partial charge in [-0.2, -0.15) is 0 Å². The second-order valence-corrected chi connectivity index (χ2v) is 5.45. The van der Waals surface area contributed by atoms with Gasteiger partial charge in [-0.15, -0.1) is 0 Å². The highest BCUT2D eigenvalue weighted by Crippen LogP contribution is 2.33. The molecule has 1 aliphatic carbocycles. The van der Waals surface area contributed by atoms with Crippen LogP contribution in [0.1, 0.15) is 30.4 Å². The zero-order valence-corrected chi connectivity index (χ0v) is 11.8. The summed E-state index contributed by atoms with van der Waals surface area (Å²) in [6.45, 7) is 0.455. The zero-order chi connectivity index (χ0) is 14.5. The lowest BCUT2D eigenvalue weighted by Crippen LogP contribution is -2.04. The fraction of sp³-hybridized carbons (Fsp3) is 0.278. The van der Waals surface area contributed by atoms with Crippen LogP contribution in [0.3, 0.4) is 0 Å². The van der Waals surface area contributed by atoms with Crippen LogP contribution in [0.25, 0.3) is 0 Å². The van der Waals surface area contributed by atoms with E-state index in [0.29, 0.717) is 12.5 Å². The lowest BCUT2D eigenvalue weighted by molar-refractivity contribution is 0.130. The van der Waals surface area contributed by atoms with Gasteiger partial charge in [0.05, 0.1) is 5.71 Å². The summed E-state index contributed by atoms with van der Waals surface area (Å²) < 4.78 is 13.0. The Bertz CT molecular complexity index is 603. The lowest BCUT2D eigenvalue weighted by atomic mass is 10.1. The molecule has 21 heavy (non-hydrogen) atoms. The van der Waals surface area contributed by atoms with Crippen LogP contribution in [0.15, 0.2) is 59.8 Å². The van der Waals surface area contributed by atoms with E-state index in [-0.39, 0.29) is 5.82 Å². The van der Waals surface area contributed by atoms with E-state index in [4.69, 9.17) is 4.84 Å². The number of hydrogen-bond acceptors (Lipinski definition) is 2. The van der Waals surface area contributed by atoms with Gasteiger partial charge in [-0.1, -0.05) is 47.6 Å². The van der Waals surface area contributed by atoms with Crippen LogP contribution in [0, 0.1) is 11.7 Å². The van der Waals surface area contributed by atoms with Crippen molar-refractivity contribution in [1.29, 1.82) is 0 Å². The first-order valence-electron chi connectivity index (χ1n) is 7.30. The highest BCUT2D eigenvalue weighted by atomic mass is 19.1. The first-order chi connectivity index (χ1) is 10.3. The van der Waals surface area contributed by atoms with E-state index < -0.39 is 0 Å². The summed E-state index contributed by atoms with van der Waals surface area (Å²) in [4.78, 5) is 5.49. The molecule has 0 amide bonds. The van der Waals surface area contributed by atoms with Crippen molar-refractivity contribution in [3.8, 4) is 0 Å². The van der Waals surface area contributed by atoms with Gasteiger partial charge in [0.2, 0.25) is 0 Å². The van der Waals surface area contributed by atoms with Gasteiger partial charge in [-0.3, -0.25) is 0 Å². The molecule has 0 bridgehead atoms. The molecule has 3 rings (SSSR count). The predicted molar refractivity (Wildman–Crippen MR) is 81.5 cm³/mol. The first-order valence-corrected chi connectivity index (χ1v) is 7.30. The normalized spacial score (nSPS) is 15.0. The SMILES string of the molecule is Fc1ccc(C(CC2CC2)=NOCc2ccccc2)cc1. The Hall–Kier alpha value is -2.16. The molecule has 0 saturated heterocycles. The maximum absolute atomic E-state index is 13.0. The third-order valence-electron chi connectivity index (χ3n) is 3.61. The molecule has 0 atom stereocenters. The second kappa shape index (κ2) is 6.53. The van der Waals surface area contributed by atoms with Crippen molar-refractivity contribution >= 4 is 5.71 Å². The van der Waals surface area contributed by atoms with Crippen molar-refractivity contribution in [1.82, 2.24) is 0 Å². The Morgan fingerprint density at radius 1 is 1.05 bits per heavy atom. The van der Waals surface area contributed by atoms with Crippen LogP contribution < -0.4 is 0 Å². The Morgan fingerprint density at radius 3 is 2.43 bits per heavy atom. The molecule has 0 aliphatic heterocycles. The van der Waals surface area contributed by atoms with Gasteiger partial charge in [0.1, 0.15) is 12.4 Å². The molecule has 108 valence electrons. The molecule has 0 heterocycles. The van der Waals surface area contributed by atoms with Crippen LogP contribution in [0.2, 0.25) is 0 Å². The van der Waals surface area contributed by atoms with E-state index in [2.05, 4.69) is 5.16 Å². The third-order valence-corrected chi connectivity index (χ3v) is 3.61. The average molecular weight is 283 g/mol. The standard InChI is InChI=1S/C18H18FNO/c19-17-10-8-16(9-11-17)18(12-14-6-7-14)20-21-13-15-4-2-1-3-5-15/h1-5,8-11,14H,6-7,12-13H2. The zero-order valence-electron chi connectivity index (χ0n) is 11.8. The van der Waals surface area contributed by atoms with Crippen LogP contribution in [0.4, 0.5) is 4.39 Å². The lowest BCUT2D eigenvalue weighted by Gasteiger charge is -2.07. The number of halogens is 1. The van der Waals surface area contributed by atoms with E-state index in [1.165, 1.54) is 25.0 Å². The smallest absolute Gasteiger partial charge is 0.142 e. The van der Waals surface area contributed by atoms with Crippen LogP contribution in [0.5, 0.6) is 0 Å². The van der Waals surface area contributed by atoms with Crippen molar-refractivity contribution in [3.05, 3.63) is 71.5 Å². The van der Waals surface area contributed by atoms with Crippen molar-refractivity contribution in [2.75, 3.05) is 0 Å². The van der Waals surface area contributed by atoms with Gasteiger partial charge in [0, 0.05) is 0 Å². The Kier molecular flexibility index (Phi) is 4.29. The van der Waals surface area contributed by atoms with Gasteiger partial charge in [-0.25, -0.2) is 4.39 Å². The molecule has 2 aromatic rings. The van der Waals surface area contributed by atoms with Crippen LogP contribution in [-0.2, 0) is 11.4 Å². The molecular formula is C18H18FNO. The number of benzene rings is 2. The monoisotopic (exact) mass is 283 g/mol. The summed E-state index contributed by atoms with van der Waals surface area (Å²) in [6, 6.07) is 16.4. The Morgan fingerprint density at radius 2 is 1.76 bits per heavy atom. The molecule has 2 aromatic carbocycles. The molecule has 0 unspecified atom stereocenters. The Balaban J connectivity index is 1.69. The quantitative estimate of drug-likeness (QED) is 0.563. The number of rotatable bonds is 6. The van der Waals surface area contributed by atoms with E-state index in [0.717, 1.165) is 23.3 Å². The van der Waals surface area contributed by atoms with E-state index in [1.807, 2.05) is 30.3 Å². The molecular weight excluding hydrogens is 265 g/mol. The summed E-state index contributed by atoms with van der Waals surface area (Å²) in [5.41, 5.74) is 2.94. The molecule has 2 nitrogen and oxygen atoms in total. The maximum Gasteiger partial charge on any atom is 0.142 e. The highest BCUT2D eigenvalue weighted by Gasteiger charge is 2.24. The largest absolute Gasteiger partial charge is 0.391 e. The van der Waals surface area contributed by atoms with Crippen molar-refractivity contribution < 1.29 is 9.23 Å². The van der Waals surface area contributed by atoms with E-state index in [1.54, 1.807) is 12.1 Å². The fourth-order valence-electron chi connectivity index (χ4n) is 2.20. The van der Waals surface area contributed by atoms with Gasteiger partial charge < -0.3 is 4.84 Å². The molecule has 0 aromatic heterocycles. The summed E-state index contributed by atoms with van der Waals surface area (Å²) in [5, 5.41) is 4.29.